The van der Waals surface area contributed by atoms with E-state index in [9.17, 15) is 0 Å². The summed E-state index contributed by atoms with van der Waals surface area (Å²) in [6.07, 6.45) is 3.53. The molecule has 1 aromatic rings. The molecule has 1 aliphatic heterocycles. The van der Waals surface area contributed by atoms with Crippen LogP contribution >= 0.6 is 23.2 Å². The van der Waals surface area contributed by atoms with E-state index in [-0.39, 0.29) is 5.38 Å². The first-order valence-corrected chi connectivity index (χ1v) is 6.08. The van der Waals surface area contributed by atoms with Crippen LogP contribution in [0.5, 0.6) is 0 Å². The maximum atomic E-state index is 6.32. The van der Waals surface area contributed by atoms with E-state index in [4.69, 9.17) is 27.9 Å². The molecule has 2 rings (SSSR count). The number of alkyl halides is 1. The van der Waals surface area contributed by atoms with Crippen molar-refractivity contribution < 1.29 is 4.74 Å². The first kappa shape index (κ1) is 11.3. The van der Waals surface area contributed by atoms with E-state index in [1.165, 1.54) is 0 Å². The molecule has 0 aliphatic carbocycles. The van der Waals surface area contributed by atoms with Crippen LogP contribution in [0.3, 0.4) is 0 Å². The van der Waals surface area contributed by atoms with Gasteiger partial charge in [0.25, 0.3) is 0 Å². The number of rotatable bonds is 3. The molecule has 2 unspecified atom stereocenters. The Balaban J connectivity index is 1.94. The summed E-state index contributed by atoms with van der Waals surface area (Å²) >= 11 is 12.1. The summed E-state index contributed by atoms with van der Waals surface area (Å²) in [7, 11) is 0. The molecule has 1 heterocycles. The highest BCUT2D eigenvalue weighted by molar-refractivity contribution is 6.30. The predicted octanol–water partition coefficient (Wildman–Crippen LogP) is 4.19. The van der Waals surface area contributed by atoms with Crippen LogP contribution in [-0.4, -0.2) is 12.7 Å². The van der Waals surface area contributed by atoms with Gasteiger partial charge in [-0.2, -0.15) is 0 Å². The molecule has 1 saturated heterocycles. The molecule has 0 bridgehead atoms. The van der Waals surface area contributed by atoms with Gasteiger partial charge in [0.15, 0.2) is 0 Å². The maximum absolute atomic E-state index is 6.32. The molecule has 0 spiro atoms. The third kappa shape index (κ3) is 3.10. The van der Waals surface area contributed by atoms with E-state index in [2.05, 4.69) is 0 Å². The van der Waals surface area contributed by atoms with Crippen molar-refractivity contribution in [3.05, 3.63) is 34.9 Å². The largest absolute Gasteiger partial charge is 0.378 e. The quantitative estimate of drug-likeness (QED) is 0.725. The van der Waals surface area contributed by atoms with E-state index in [0.29, 0.717) is 6.10 Å². The van der Waals surface area contributed by atoms with Crippen LogP contribution < -0.4 is 0 Å². The molecule has 0 amide bonds. The van der Waals surface area contributed by atoms with Gasteiger partial charge in [-0.25, -0.2) is 0 Å². The molecule has 3 heteroatoms. The molecule has 0 radical (unpaired) electrons. The van der Waals surface area contributed by atoms with Crippen molar-refractivity contribution in [2.45, 2.75) is 30.7 Å². The molecule has 82 valence electrons. The van der Waals surface area contributed by atoms with E-state index >= 15 is 0 Å². The van der Waals surface area contributed by atoms with Crippen molar-refractivity contribution in [3.8, 4) is 0 Å². The lowest BCUT2D eigenvalue weighted by atomic mass is 10.0. The minimum Gasteiger partial charge on any atom is -0.378 e. The van der Waals surface area contributed by atoms with Crippen molar-refractivity contribution in [1.29, 1.82) is 0 Å². The van der Waals surface area contributed by atoms with E-state index in [1.54, 1.807) is 0 Å². The Morgan fingerprint density at radius 1 is 1.33 bits per heavy atom. The van der Waals surface area contributed by atoms with Crippen molar-refractivity contribution in [2.75, 3.05) is 6.61 Å². The molecule has 1 fully saturated rings. The normalized spacial score (nSPS) is 22.9. The van der Waals surface area contributed by atoms with Gasteiger partial charge in [-0.3, -0.25) is 0 Å². The fourth-order valence-electron chi connectivity index (χ4n) is 1.87. The van der Waals surface area contributed by atoms with Crippen molar-refractivity contribution in [3.63, 3.8) is 0 Å². The summed E-state index contributed by atoms with van der Waals surface area (Å²) < 4.78 is 5.56. The van der Waals surface area contributed by atoms with E-state index in [0.717, 1.165) is 36.5 Å². The Kier molecular flexibility index (Phi) is 3.90. The van der Waals surface area contributed by atoms with Crippen LogP contribution in [0.1, 0.15) is 30.2 Å². The summed E-state index contributed by atoms with van der Waals surface area (Å²) in [5.74, 6) is 0. The van der Waals surface area contributed by atoms with Crippen molar-refractivity contribution >= 4 is 23.2 Å². The van der Waals surface area contributed by atoms with Crippen LogP contribution in [0.15, 0.2) is 24.3 Å². The molecular weight excluding hydrogens is 231 g/mol. The van der Waals surface area contributed by atoms with Crippen LogP contribution in [-0.2, 0) is 4.74 Å². The summed E-state index contributed by atoms with van der Waals surface area (Å²) in [6, 6.07) is 7.72. The Bertz CT molecular complexity index is 304. The molecular formula is C12H14Cl2O. The van der Waals surface area contributed by atoms with Gasteiger partial charge in [-0.15, -0.1) is 11.6 Å². The van der Waals surface area contributed by atoms with Gasteiger partial charge < -0.3 is 4.74 Å². The topological polar surface area (TPSA) is 9.23 Å². The van der Waals surface area contributed by atoms with Gasteiger partial charge in [0.05, 0.1) is 11.5 Å². The lowest BCUT2D eigenvalue weighted by Crippen LogP contribution is -2.08. The van der Waals surface area contributed by atoms with Crippen LogP contribution in [0.25, 0.3) is 0 Å². The SMILES string of the molecule is Clc1ccc(C(Cl)CC2CCCO2)cc1. The smallest absolute Gasteiger partial charge is 0.0609 e. The van der Waals surface area contributed by atoms with Gasteiger partial charge in [-0.05, 0) is 37.0 Å². The number of hydrogen-bond donors (Lipinski definition) is 0. The highest BCUT2D eigenvalue weighted by Crippen LogP contribution is 2.30. The zero-order chi connectivity index (χ0) is 10.7. The lowest BCUT2D eigenvalue weighted by Gasteiger charge is -2.14. The molecule has 1 nitrogen and oxygen atoms in total. The Hall–Kier alpha value is -0.240. The second-order valence-corrected chi connectivity index (χ2v) is 4.85. The van der Waals surface area contributed by atoms with Crippen LogP contribution in [0.2, 0.25) is 5.02 Å². The lowest BCUT2D eigenvalue weighted by molar-refractivity contribution is 0.103. The molecule has 0 aromatic heterocycles. The predicted molar refractivity (Wildman–Crippen MR) is 63.6 cm³/mol. The number of hydrogen-bond acceptors (Lipinski definition) is 1. The highest BCUT2D eigenvalue weighted by Gasteiger charge is 2.20. The monoisotopic (exact) mass is 244 g/mol. The zero-order valence-corrected chi connectivity index (χ0v) is 9.97. The number of ether oxygens (including phenoxy) is 1. The van der Waals surface area contributed by atoms with Gasteiger partial charge >= 0.3 is 0 Å². The van der Waals surface area contributed by atoms with Gasteiger partial charge in [-0.1, -0.05) is 23.7 Å². The molecule has 2 atom stereocenters. The minimum atomic E-state index is 0.0327. The van der Waals surface area contributed by atoms with Crippen LogP contribution in [0.4, 0.5) is 0 Å². The second kappa shape index (κ2) is 5.20. The summed E-state index contributed by atoms with van der Waals surface area (Å²) in [6.45, 7) is 0.884. The van der Waals surface area contributed by atoms with Crippen LogP contribution in [0, 0.1) is 0 Å². The Morgan fingerprint density at radius 3 is 2.67 bits per heavy atom. The highest BCUT2D eigenvalue weighted by atomic mass is 35.5. The van der Waals surface area contributed by atoms with E-state index in [1.807, 2.05) is 24.3 Å². The second-order valence-electron chi connectivity index (χ2n) is 3.89. The van der Waals surface area contributed by atoms with Gasteiger partial charge in [0, 0.05) is 11.6 Å². The van der Waals surface area contributed by atoms with E-state index < -0.39 is 0 Å². The van der Waals surface area contributed by atoms with Gasteiger partial charge in [0.2, 0.25) is 0 Å². The molecule has 15 heavy (non-hydrogen) atoms. The minimum absolute atomic E-state index is 0.0327. The third-order valence-electron chi connectivity index (χ3n) is 2.73. The first-order valence-electron chi connectivity index (χ1n) is 5.27. The number of benzene rings is 1. The fourth-order valence-corrected chi connectivity index (χ4v) is 2.34. The molecule has 1 aliphatic rings. The molecule has 0 N–H and O–H groups in total. The Morgan fingerprint density at radius 2 is 2.07 bits per heavy atom. The summed E-state index contributed by atoms with van der Waals surface area (Å²) in [5, 5.41) is 0.782. The van der Waals surface area contributed by atoms with Gasteiger partial charge in [0.1, 0.15) is 0 Å². The number of halogens is 2. The average molecular weight is 245 g/mol. The van der Waals surface area contributed by atoms with Crippen molar-refractivity contribution in [1.82, 2.24) is 0 Å². The maximum Gasteiger partial charge on any atom is 0.0609 e. The fraction of sp³-hybridized carbons (Fsp3) is 0.500. The molecule has 1 aromatic carbocycles. The zero-order valence-electron chi connectivity index (χ0n) is 8.46. The average Bonchev–Trinajstić information content (AvgIpc) is 2.71. The summed E-state index contributed by atoms with van der Waals surface area (Å²) in [4.78, 5) is 0. The Labute approximate surface area is 100 Å². The molecule has 0 saturated carbocycles. The summed E-state index contributed by atoms with van der Waals surface area (Å²) in [5.41, 5.74) is 1.12. The first-order chi connectivity index (χ1) is 7.25. The standard InChI is InChI=1S/C12H14Cl2O/c13-10-5-3-9(4-6-10)12(14)8-11-2-1-7-15-11/h3-6,11-12H,1-2,7-8H2. The van der Waals surface area contributed by atoms with Crippen molar-refractivity contribution in [2.24, 2.45) is 0 Å². The third-order valence-corrected chi connectivity index (χ3v) is 3.41.